The van der Waals surface area contributed by atoms with Gasteiger partial charge in [0.05, 0.1) is 3.23 Å². The van der Waals surface area contributed by atoms with E-state index in [1.165, 1.54) is 6.42 Å². The van der Waals surface area contributed by atoms with E-state index in [0.29, 0.717) is 11.8 Å². The van der Waals surface area contributed by atoms with E-state index in [2.05, 4.69) is 65.7 Å². The average molecular weight is 421 g/mol. The van der Waals surface area contributed by atoms with Gasteiger partial charge in [0.15, 0.2) is 8.32 Å². The lowest BCUT2D eigenvalue weighted by Crippen LogP contribution is -2.41. The van der Waals surface area contributed by atoms with Crippen LogP contribution in [0.5, 0.6) is 0 Å². The fourth-order valence-corrected chi connectivity index (χ4v) is 4.81. The van der Waals surface area contributed by atoms with Gasteiger partial charge >= 0.3 is 0 Å². The normalized spacial score (nSPS) is 27.3. The van der Waals surface area contributed by atoms with E-state index >= 15 is 0 Å². The van der Waals surface area contributed by atoms with Crippen LogP contribution in [0.3, 0.4) is 0 Å². The molecule has 0 radical (unpaired) electrons. The van der Waals surface area contributed by atoms with Gasteiger partial charge in [-0.05, 0) is 36.9 Å². The maximum Gasteiger partial charge on any atom is 0.191 e. The summed E-state index contributed by atoms with van der Waals surface area (Å²) in [6.45, 7) is 12.3. The monoisotopic (exact) mass is 418 g/mol. The Balaban J connectivity index is 2.46. The fourth-order valence-electron chi connectivity index (χ4n) is 1.89. The van der Waals surface area contributed by atoms with Crippen molar-refractivity contribution in [3.05, 3.63) is 0 Å². The van der Waals surface area contributed by atoms with Gasteiger partial charge in [-0.25, -0.2) is 0 Å². The van der Waals surface area contributed by atoms with Gasteiger partial charge in [0.1, 0.15) is 0 Å². The van der Waals surface area contributed by atoms with E-state index < -0.39 is 8.32 Å². The predicted octanol–water partition coefficient (Wildman–Crippen LogP) is 5.76. The highest BCUT2D eigenvalue weighted by Crippen LogP contribution is 2.64. The summed E-state index contributed by atoms with van der Waals surface area (Å²) in [6, 6.07) is 0. The molecule has 1 fully saturated rings. The standard InChI is InChI=1S/C13H25Br2ClOSi/c1-12(2,3)18(4,5)17-9-11-10(7-6-8-16)13(11,14)15/h10-11H,6-9H2,1-5H3. The summed E-state index contributed by atoms with van der Waals surface area (Å²) in [6.07, 6.45) is 2.26. The van der Waals surface area contributed by atoms with Gasteiger partial charge in [-0.3, -0.25) is 0 Å². The molecule has 2 atom stereocenters. The first-order chi connectivity index (χ1) is 8.04. The molecule has 0 amide bonds. The molecule has 0 aromatic rings. The van der Waals surface area contributed by atoms with Gasteiger partial charge in [-0.1, -0.05) is 52.6 Å². The van der Waals surface area contributed by atoms with Gasteiger partial charge in [-0.2, -0.15) is 0 Å². The molecule has 0 spiro atoms. The minimum absolute atomic E-state index is 0.0917. The Morgan fingerprint density at radius 2 is 1.78 bits per heavy atom. The Morgan fingerprint density at radius 1 is 1.22 bits per heavy atom. The number of halogens is 3. The van der Waals surface area contributed by atoms with E-state index in [1.54, 1.807) is 0 Å². The largest absolute Gasteiger partial charge is 0.416 e. The number of hydrogen-bond acceptors (Lipinski definition) is 1. The van der Waals surface area contributed by atoms with E-state index in [1.807, 2.05) is 0 Å². The smallest absolute Gasteiger partial charge is 0.191 e. The van der Waals surface area contributed by atoms with Crippen molar-refractivity contribution in [2.75, 3.05) is 12.5 Å². The SMILES string of the molecule is CC(C)(C)[Si](C)(C)OCC1C(CCCCl)C1(Br)Br. The number of rotatable bonds is 6. The molecule has 0 aliphatic heterocycles. The third-order valence-corrected chi connectivity index (χ3v) is 11.6. The molecule has 0 aromatic heterocycles. The summed E-state index contributed by atoms with van der Waals surface area (Å²) < 4.78 is 6.40. The van der Waals surface area contributed by atoms with E-state index in [4.69, 9.17) is 16.0 Å². The van der Waals surface area contributed by atoms with Crippen molar-refractivity contribution < 1.29 is 4.43 Å². The second kappa shape index (κ2) is 6.04. The molecule has 1 saturated carbocycles. The molecule has 5 heteroatoms. The third kappa shape index (κ3) is 3.97. The van der Waals surface area contributed by atoms with Crippen molar-refractivity contribution >= 4 is 51.8 Å². The van der Waals surface area contributed by atoms with Crippen molar-refractivity contribution in [1.29, 1.82) is 0 Å². The summed E-state index contributed by atoms with van der Waals surface area (Å²) in [7, 11) is -1.62. The zero-order valence-corrected chi connectivity index (χ0v) is 17.0. The topological polar surface area (TPSA) is 9.23 Å². The first kappa shape index (κ1) is 17.5. The summed E-state index contributed by atoms with van der Waals surface area (Å²) in [5.74, 6) is 1.98. The second-order valence-electron chi connectivity index (χ2n) is 6.79. The van der Waals surface area contributed by atoms with Crippen LogP contribution in [0.25, 0.3) is 0 Å². The Morgan fingerprint density at radius 3 is 2.22 bits per heavy atom. The summed E-state index contributed by atoms with van der Waals surface area (Å²) in [5.41, 5.74) is 0. The molecule has 18 heavy (non-hydrogen) atoms. The molecule has 1 rings (SSSR count). The molecule has 0 heterocycles. The van der Waals surface area contributed by atoms with Crippen molar-refractivity contribution in [3.8, 4) is 0 Å². The molecule has 0 aromatic carbocycles. The van der Waals surface area contributed by atoms with Crippen LogP contribution >= 0.6 is 43.5 Å². The highest BCUT2D eigenvalue weighted by molar-refractivity contribution is 9.25. The molecule has 0 saturated heterocycles. The Hall–Kier alpha value is 1.43. The third-order valence-electron chi connectivity index (χ3n) is 4.44. The van der Waals surface area contributed by atoms with Crippen LogP contribution < -0.4 is 0 Å². The minimum atomic E-state index is -1.62. The lowest BCUT2D eigenvalue weighted by atomic mass is 10.2. The fraction of sp³-hybridized carbons (Fsp3) is 1.00. The van der Waals surface area contributed by atoms with Crippen molar-refractivity contribution in [2.24, 2.45) is 11.8 Å². The Labute approximate surface area is 135 Å². The van der Waals surface area contributed by atoms with Gasteiger partial charge in [0, 0.05) is 18.4 Å². The number of alkyl halides is 3. The van der Waals surface area contributed by atoms with E-state index in [9.17, 15) is 0 Å². The van der Waals surface area contributed by atoms with Gasteiger partial charge in [-0.15, -0.1) is 11.6 Å². The molecule has 1 aliphatic rings. The first-order valence-corrected chi connectivity index (χ1v) is 11.6. The Bertz CT molecular complexity index is 289. The van der Waals surface area contributed by atoms with Crippen LogP contribution in [0.1, 0.15) is 33.6 Å². The minimum Gasteiger partial charge on any atom is -0.416 e. The summed E-state index contributed by atoms with van der Waals surface area (Å²) >= 11 is 13.3. The van der Waals surface area contributed by atoms with Crippen molar-refractivity contribution in [2.45, 2.75) is 55.0 Å². The quantitative estimate of drug-likeness (QED) is 0.392. The molecule has 1 nitrogen and oxygen atoms in total. The molecule has 0 N–H and O–H groups in total. The van der Waals surface area contributed by atoms with Gasteiger partial charge in [0.25, 0.3) is 0 Å². The lowest BCUT2D eigenvalue weighted by Gasteiger charge is -2.36. The molecule has 0 bridgehead atoms. The molecule has 2 unspecified atom stereocenters. The van der Waals surface area contributed by atoms with Crippen LogP contribution in [0.2, 0.25) is 18.1 Å². The van der Waals surface area contributed by atoms with Gasteiger partial charge < -0.3 is 4.43 Å². The maximum absolute atomic E-state index is 6.31. The number of hydrogen-bond donors (Lipinski definition) is 0. The zero-order chi connectivity index (χ0) is 14.2. The Kier molecular flexibility index (Phi) is 5.87. The lowest BCUT2D eigenvalue weighted by molar-refractivity contribution is 0.264. The van der Waals surface area contributed by atoms with Crippen molar-refractivity contribution in [1.82, 2.24) is 0 Å². The molecular formula is C13H25Br2ClOSi. The van der Waals surface area contributed by atoms with Crippen molar-refractivity contribution in [3.63, 3.8) is 0 Å². The summed E-state index contributed by atoms with van der Waals surface area (Å²) in [4.78, 5) is 0. The van der Waals surface area contributed by atoms with Crippen LogP contribution in [-0.2, 0) is 4.43 Å². The average Bonchev–Trinajstić information content (AvgIpc) is 2.72. The zero-order valence-electron chi connectivity index (χ0n) is 12.0. The highest BCUT2D eigenvalue weighted by Gasteiger charge is 2.61. The van der Waals surface area contributed by atoms with Crippen LogP contribution in [-0.4, -0.2) is 24.0 Å². The van der Waals surface area contributed by atoms with Crippen LogP contribution in [0.15, 0.2) is 0 Å². The van der Waals surface area contributed by atoms with Crippen LogP contribution in [0.4, 0.5) is 0 Å². The second-order valence-corrected chi connectivity index (χ2v) is 15.7. The first-order valence-electron chi connectivity index (χ1n) is 6.62. The van der Waals surface area contributed by atoms with Gasteiger partial charge in [0.2, 0.25) is 0 Å². The van der Waals surface area contributed by atoms with E-state index in [0.717, 1.165) is 18.9 Å². The maximum atomic E-state index is 6.31. The van der Waals surface area contributed by atoms with E-state index in [-0.39, 0.29) is 8.27 Å². The molecule has 108 valence electrons. The summed E-state index contributed by atoms with van der Waals surface area (Å²) in [5, 5.41) is 0.287. The predicted molar refractivity (Wildman–Crippen MR) is 90.7 cm³/mol. The molecular weight excluding hydrogens is 395 g/mol. The molecule has 1 aliphatic carbocycles. The van der Waals surface area contributed by atoms with Crippen LogP contribution in [0, 0.1) is 11.8 Å². The highest BCUT2D eigenvalue weighted by atomic mass is 79.9.